The van der Waals surface area contributed by atoms with Crippen molar-refractivity contribution in [1.82, 2.24) is 19.7 Å². The number of hydrogen-bond donors (Lipinski definition) is 1. The second kappa shape index (κ2) is 7.97. The first-order valence-corrected chi connectivity index (χ1v) is 9.52. The molecule has 140 valence electrons. The molecule has 3 heterocycles. The van der Waals surface area contributed by atoms with Crippen molar-refractivity contribution in [2.75, 3.05) is 5.32 Å². The highest BCUT2D eigenvalue weighted by molar-refractivity contribution is 7.20. The third-order valence-corrected chi connectivity index (χ3v) is 5.12. The Bertz CT molecular complexity index is 1100. The van der Waals surface area contributed by atoms with Crippen molar-refractivity contribution in [3.05, 3.63) is 75.4 Å². The minimum Gasteiger partial charge on any atom is -0.438 e. The van der Waals surface area contributed by atoms with E-state index in [1.165, 1.54) is 6.07 Å². The largest absolute Gasteiger partial charge is 0.438 e. The Morgan fingerprint density at radius 3 is 2.54 bits per heavy atom. The Kier molecular flexibility index (Phi) is 5.25. The second-order valence-electron chi connectivity index (χ2n) is 5.52. The number of benzene rings is 1. The van der Waals surface area contributed by atoms with Crippen LogP contribution in [0.1, 0.15) is 10.4 Å². The standard InChI is InChI=1S/C18H11Cl2N5O2S/c19-14-9-13(17(20)28-14)18(26)22-11-1-3-12(4-2-11)27-16-6-5-15(23-24-16)25-8-7-21-10-25/h1-10H,(H,22,26). The molecule has 0 spiro atoms. The fourth-order valence-corrected chi connectivity index (χ4v) is 3.78. The number of halogens is 2. The minimum atomic E-state index is -0.331. The van der Waals surface area contributed by atoms with E-state index in [2.05, 4.69) is 20.5 Å². The molecule has 0 aliphatic carbocycles. The lowest BCUT2D eigenvalue weighted by Crippen LogP contribution is -2.11. The molecular weight excluding hydrogens is 421 g/mol. The van der Waals surface area contributed by atoms with Gasteiger partial charge in [-0.2, -0.15) is 0 Å². The van der Waals surface area contributed by atoms with Gasteiger partial charge in [0.25, 0.3) is 5.91 Å². The molecule has 10 heteroatoms. The summed E-state index contributed by atoms with van der Waals surface area (Å²) in [6, 6.07) is 11.9. The summed E-state index contributed by atoms with van der Waals surface area (Å²) >= 11 is 13.0. The number of anilines is 1. The van der Waals surface area contributed by atoms with Crippen LogP contribution in [0.15, 0.2) is 61.2 Å². The van der Waals surface area contributed by atoms with E-state index in [-0.39, 0.29) is 5.91 Å². The molecule has 0 radical (unpaired) electrons. The van der Waals surface area contributed by atoms with Crippen LogP contribution in [0.2, 0.25) is 8.67 Å². The molecule has 0 aliphatic rings. The Morgan fingerprint density at radius 2 is 1.93 bits per heavy atom. The van der Waals surface area contributed by atoms with Crippen molar-refractivity contribution in [1.29, 1.82) is 0 Å². The van der Waals surface area contributed by atoms with Crippen LogP contribution in [0, 0.1) is 0 Å². The number of nitrogens with one attached hydrogen (secondary N) is 1. The Morgan fingerprint density at radius 1 is 1.11 bits per heavy atom. The number of rotatable bonds is 5. The second-order valence-corrected chi connectivity index (χ2v) is 7.80. The maximum atomic E-state index is 12.3. The molecule has 0 atom stereocenters. The van der Waals surface area contributed by atoms with Gasteiger partial charge in [-0.05, 0) is 36.4 Å². The van der Waals surface area contributed by atoms with E-state index < -0.39 is 0 Å². The molecule has 0 unspecified atom stereocenters. The maximum absolute atomic E-state index is 12.3. The van der Waals surface area contributed by atoms with Gasteiger partial charge >= 0.3 is 0 Å². The number of amides is 1. The molecule has 1 N–H and O–H groups in total. The van der Waals surface area contributed by atoms with Gasteiger partial charge < -0.3 is 10.1 Å². The number of aromatic nitrogens is 4. The van der Waals surface area contributed by atoms with Gasteiger partial charge in [-0.15, -0.1) is 21.5 Å². The van der Waals surface area contributed by atoms with Crippen LogP contribution in [-0.4, -0.2) is 25.7 Å². The van der Waals surface area contributed by atoms with Gasteiger partial charge in [0.15, 0.2) is 5.82 Å². The topological polar surface area (TPSA) is 81.9 Å². The molecule has 1 amide bonds. The molecule has 7 nitrogen and oxygen atoms in total. The minimum absolute atomic E-state index is 0.331. The van der Waals surface area contributed by atoms with Gasteiger partial charge in [0.05, 0.1) is 9.90 Å². The number of ether oxygens (including phenoxy) is 1. The Labute approximate surface area is 173 Å². The van der Waals surface area contributed by atoms with Gasteiger partial charge in [-0.25, -0.2) is 4.98 Å². The van der Waals surface area contributed by atoms with E-state index >= 15 is 0 Å². The van der Waals surface area contributed by atoms with Crippen molar-refractivity contribution in [2.24, 2.45) is 0 Å². The lowest BCUT2D eigenvalue weighted by molar-refractivity contribution is 0.102. The fraction of sp³-hybridized carbons (Fsp3) is 0. The van der Waals surface area contributed by atoms with E-state index in [4.69, 9.17) is 27.9 Å². The summed E-state index contributed by atoms with van der Waals surface area (Å²) in [6.45, 7) is 0. The van der Waals surface area contributed by atoms with Crippen LogP contribution >= 0.6 is 34.5 Å². The highest BCUT2D eigenvalue weighted by Crippen LogP contribution is 2.31. The predicted octanol–water partition coefficient (Wildman–Crippen LogP) is 5.08. The molecule has 4 aromatic rings. The van der Waals surface area contributed by atoms with Crippen LogP contribution < -0.4 is 10.1 Å². The van der Waals surface area contributed by atoms with Crippen molar-refractivity contribution < 1.29 is 9.53 Å². The fourth-order valence-electron chi connectivity index (χ4n) is 2.32. The molecule has 0 saturated carbocycles. The van der Waals surface area contributed by atoms with Crippen molar-refractivity contribution in [3.8, 4) is 17.4 Å². The SMILES string of the molecule is O=C(Nc1ccc(Oc2ccc(-n3ccnc3)nn2)cc1)c1cc(Cl)sc1Cl. The molecule has 0 bridgehead atoms. The lowest BCUT2D eigenvalue weighted by atomic mass is 10.2. The van der Waals surface area contributed by atoms with Gasteiger partial charge in [-0.3, -0.25) is 9.36 Å². The van der Waals surface area contributed by atoms with E-state index in [1.807, 2.05) is 0 Å². The quantitative estimate of drug-likeness (QED) is 0.476. The van der Waals surface area contributed by atoms with Gasteiger partial charge in [0.2, 0.25) is 5.88 Å². The van der Waals surface area contributed by atoms with E-state index in [0.29, 0.717) is 37.4 Å². The summed E-state index contributed by atoms with van der Waals surface area (Å²) in [5.41, 5.74) is 0.933. The number of carbonyl (C=O) groups is 1. The van der Waals surface area contributed by atoms with Gasteiger partial charge in [-0.1, -0.05) is 23.2 Å². The van der Waals surface area contributed by atoms with Crippen LogP contribution in [0.25, 0.3) is 5.82 Å². The predicted molar refractivity (Wildman–Crippen MR) is 108 cm³/mol. The zero-order valence-electron chi connectivity index (χ0n) is 14.0. The van der Waals surface area contributed by atoms with Crippen LogP contribution in [-0.2, 0) is 0 Å². The number of carbonyl (C=O) groups excluding carboxylic acids is 1. The summed E-state index contributed by atoms with van der Waals surface area (Å²) in [4.78, 5) is 16.2. The first-order valence-electron chi connectivity index (χ1n) is 7.94. The number of nitrogens with zero attached hydrogens (tertiary/aromatic N) is 4. The molecule has 4 rings (SSSR count). The molecule has 28 heavy (non-hydrogen) atoms. The lowest BCUT2D eigenvalue weighted by Gasteiger charge is -2.07. The van der Waals surface area contributed by atoms with Crippen molar-refractivity contribution >= 4 is 46.1 Å². The highest BCUT2D eigenvalue weighted by Gasteiger charge is 2.14. The maximum Gasteiger partial charge on any atom is 0.258 e. The van der Waals surface area contributed by atoms with Crippen molar-refractivity contribution in [2.45, 2.75) is 0 Å². The zero-order valence-corrected chi connectivity index (χ0v) is 16.4. The average molecular weight is 432 g/mol. The summed E-state index contributed by atoms with van der Waals surface area (Å²) in [5, 5.41) is 10.9. The van der Waals surface area contributed by atoms with E-state index in [9.17, 15) is 4.79 Å². The highest BCUT2D eigenvalue weighted by atomic mass is 35.5. The van der Waals surface area contributed by atoms with E-state index in [0.717, 1.165) is 11.3 Å². The Hall–Kier alpha value is -2.94. The summed E-state index contributed by atoms with van der Waals surface area (Å²) in [6.07, 6.45) is 5.07. The molecule has 1 aromatic carbocycles. The monoisotopic (exact) mass is 431 g/mol. The molecule has 0 fully saturated rings. The number of hydrogen-bond acceptors (Lipinski definition) is 6. The zero-order chi connectivity index (χ0) is 19.5. The third kappa shape index (κ3) is 4.14. The number of imidazole rings is 1. The van der Waals surface area contributed by atoms with Gasteiger partial charge in [0, 0.05) is 24.1 Å². The van der Waals surface area contributed by atoms with Crippen LogP contribution in [0.5, 0.6) is 11.6 Å². The molecule has 3 aromatic heterocycles. The summed E-state index contributed by atoms with van der Waals surface area (Å²) in [7, 11) is 0. The normalized spacial score (nSPS) is 10.6. The average Bonchev–Trinajstić information content (AvgIpc) is 3.33. The first-order chi connectivity index (χ1) is 13.6. The number of thiophene rings is 1. The third-order valence-electron chi connectivity index (χ3n) is 3.63. The summed E-state index contributed by atoms with van der Waals surface area (Å²) in [5.74, 6) is 1.21. The molecule has 0 saturated heterocycles. The molecule has 0 aliphatic heterocycles. The first kappa shape index (κ1) is 18.4. The molecular formula is C18H11Cl2N5O2S. The Balaban J connectivity index is 1.40. The smallest absolute Gasteiger partial charge is 0.258 e. The van der Waals surface area contributed by atoms with Gasteiger partial charge in [0.1, 0.15) is 16.4 Å². The van der Waals surface area contributed by atoms with Crippen molar-refractivity contribution in [3.63, 3.8) is 0 Å². The summed E-state index contributed by atoms with van der Waals surface area (Å²) < 4.78 is 8.21. The van der Waals surface area contributed by atoms with Crippen LogP contribution in [0.3, 0.4) is 0 Å². The van der Waals surface area contributed by atoms with Crippen LogP contribution in [0.4, 0.5) is 5.69 Å². The van der Waals surface area contributed by atoms with E-state index in [1.54, 1.807) is 59.7 Å².